The average Bonchev–Trinajstić information content (AvgIpc) is 2.80. The Balaban J connectivity index is 2.13. The van der Waals surface area contributed by atoms with Crippen LogP contribution in [0.1, 0.15) is 24.0 Å². The van der Waals surface area contributed by atoms with Gasteiger partial charge in [0.05, 0.1) is 17.5 Å². The molecule has 6 heteroatoms. The van der Waals surface area contributed by atoms with Gasteiger partial charge in [0.25, 0.3) is 0 Å². The zero-order valence-electron chi connectivity index (χ0n) is 11.1. The van der Waals surface area contributed by atoms with Crippen LogP contribution in [0.5, 0.6) is 0 Å². The van der Waals surface area contributed by atoms with Crippen LogP contribution in [0, 0.1) is 6.92 Å². The van der Waals surface area contributed by atoms with E-state index < -0.39 is 10.0 Å². The van der Waals surface area contributed by atoms with Crippen LogP contribution in [-0.2, 0) is 21.3 Å². The lowest BCUT2D eigenvalue weighted by Crippen LogP contribution is -2.26. The number of aryl methyl sites for hydroxylation is 1. The van der Waals surface area contributed by atoms with E-state index in [2.05, 4.69) is 4.72 Å². The Morgan fingerprint density at radius 3 is 2.89 bits per heavy atom. The SMILES string of the molecule is Cc1cccc(NS(=O)(=O)CC2CCCO2)c1CN. The molecule has 1 saturated heterocycles. The summed E-state index contributed by atoms with van der Waals surface area (Å²) >= 11 is 0. The summed E-state index contributed by atoms with van der Waals surface area (Å²) in [5.41, 5.74) is 8.06. The summed E-state index contributed by atoms with van der Waals surface area (Å²) in [6, 6.07) is 5.47. The van der Waals surface area contributed by atoms with Crippen molar-refractivity contribution in [3.8, 4) is 0 Å². The van der Waals surface area contributed by atoms with Crippen molar-refractivity contribution in [2.45, 2.75) is 32.4 Å². The first kappa shape index (κ1) is 14.3. The molecule has 0 amide bonds. The van der Waals surface area contributed by atoms with Crippen LogP contribution in [-0.4, -0.2) is 26.9 Å². The van der Waals surface area contributed by atoms with Gasteiger partial charge >= 0.3 is 0 Å². The molecule has 1 aliphatic heterocycles. The van der Waals surface area contributed by atoms with Crippen LogP contribution in [0.25, 0.3) is 0 Å². The lowest BCUT2D eigenvalue weighted by Gasteiger charge is -2.15. The number of rotatable bonds is 5. The van der Waals surface area contributed by atoms with E-state index in [-0.39, 0.29) is 11.9 Å². The second kappa shape index (κ2) is 5.90. The third-order valence-corrected chi connectivity index (χ3v) is 4.65. The summed E-state index contributed by atoms with van der Waals surface area (Å²) in [6.45, 7) is 2.88. The minimum atomic E-state index is -3.40. The zero-order chi connectivity index (χ0) is 13.9. The van der Waals surface area contributed by atoms with Crippen molar-refractivity contribution in [2.75, 3.05) is 17.1 Å². The van der Waals surface area contributed by atoms with Crippen molar-refractivity contribution in [1.82, 2.24) is 0 Å². The van der Waals surface area contributed by atoms with Gasteiger partial charge in [-0.1, -0.05) is 12.1 Å². The number of hydrogen-bond donors (Lipinski definition) is 2. The predicted octanol–water partition coefficient (Wildman–Crippen LogP) is 1.37. The van der Waals surface area contributed by atoms with Gasteiger partial charge in [-0.2, -0.15) is 0 Å². The maximum Gasteiger partial charge on any atom is 0.235 e. The second-order valence-corrected chi connectivity index (χ2v) is 6.59. The molecule has 0 radical (unpaired) electrons. The Kier molecular flexibility index (Phi) is 4.44. The van der Waals surface area contributed by atoms with Gasteiger partial charge in [0.2, 0.25) is 10.0 Å². The normalized spacial score (nSPS) is 19.6. The fraction of sp³-hybridized carbons (Fsp3) is 0.538. The quantitative estimate of drug-likeness (QED) is 0.855. The largest absolute Gasteiger partial charge is 0.377 e. The molecular formula is C13H20N2O3S. The second-order valence-electron chi connectivity index (χ2n) is 4.82. The Morgan fingerprint density at radius 2 is 2.26 bits per heavy atom. The Hall–Kier alpha value is -1.11. The summed E-state index contributed by atoms with van der Waals surface area (Å²) in [5.74, 6) is 0.00491. The fourth-order valence-corrected chi connectivity index (χ4v) is 3.66. The molecule has 0 spiro atoms. The molecule has 106 valence electrons. The summed E-state index contributed by atoms with van der Waals surface area (Å²) < 4.78 is 32.2. The molecule has 0 aromatic heterocycles. The molecule has 0 bridgehead atoms. The average molecular weight is 284 g/mol. The van der Waals surface area contributed by atoms with Crippen LogP contribution >= 0.6 is 0 Å². The molecule has 5 nitrogen and oxygen atoms in total. The monoisotopic (exact) mass is 284 g/mol. The van der Waals surface area contributed by atoms with E-state index in [0.717, 1.165) is 24.0 Å². The molecule has 1 aromatic carbocycles. The van der Waals surface area contributed by atoms with Crippen molar-refractivity contribution in [3.05, 3.63) is 29.3 Å². The van der Waals surface area contributed by atoms with Gasteiger partial charge in [0.15, 0.2) is 0 Å². The predicted molar refractivity (Wildman–Crippen MR) is 75.5 cm³/mol. The van der Waals surface area contributed by atoms with Gasteiger partial charge in [-0.15, -0.1) is 0 Å². The molecule has 1 unspecified atom stereocenters. The van der Waals surface area contributed by atoms with Crippen molar-refractivity contribution in [3.63, 3.8) is 0 Å². The summed E-state index contributed by atoms with van der Waals surface area (Å²) in [4.78, 5) is 0. The standard InChI is InChI=1S/C13H20N2O3S/c1-10-4-2-6-13(12(10)8-14)15-19(16,17)9-11-5-3-7-18-11/h2,4,6,11,15H,3,5,7-9,14H2,1H3. The van der Waals surface area contributed by atoms with E-state index in [1.54, 1.807) is 6.07 Å². The van der Waals surface area contributed by atoms with E-state index >= 15 is 0 Å². The van der Waals surface area contributed by atoms with Crippen LogP contribution in [0.2, 0.25) is 0 Å². The number of benzene rings is 1. The lowest BCUT2D eigenvalue weighted by molar-refractivity contribution is 0.127. The van der Waals surface area contributed by atoms with Crippen molar-refractivity contribution >= 4 is 15.7 Å². The summed E-state index contributed by atoms with van der Waals surface area (Å²) in [6.07, 6.45) is 1.54. The van der Waals surface area contributed by atoms with E-state index in [9.17, 15) is 8.42 Å². The van der Waals surface area contributed by atoms with Crippen molar-refractivity contribution in [2.24, 2.45) is 5.73 Å². The first-order valence-corrected chi connectivity index (χ1v) is 8.08. The van der Waals surface area contributed by atoms with Crippen LogP contribution < -0.4 is 10.5 Å². The molecular weight excluding hydrogens is 264 g/mol. The van der Waals surface area contributed by atoms with Crippen molar-refractivity contribution in [1.29, 1.82) is 0 Å². The molecule has 1 heterocycles. The number of hydrogen-bond acceptors (Lipinski definition) is 4. The van der Waals surface area contributed by atoms with Gasteiger partial charge in [-0.05, 0) is 37.0 Å². The fourth-order valence-electron chi connectivity index (χ4n) is 2.30. The maximum atomic E-state index is 12.1. The molecule has 0 aliphatic carbocycles. The first-order valence-electron chi connectivity index (χ1n) is 6.42. The maximum absolute atomic E-state index is 12.1. The van der Waals surface area contributed by atoms with Gasteiger partial charge < -0.3 is 10.5 Å². The molecule has 0 saturated carbocycles. The topological polar surface area (TPSA) is 81.4 Å². The Morgan fingerprint density at radius 1 is 1.47 bits per heavy atom. The molecule has 2 rings (SSSR count). The van der Waals surface area contributed by atoms with Crippen LogP contribution in [0.4, 0.5) is 5.69 Å². The first-order chi connectivity index (χ1) is 9.02. The molecule has 3 N–H and O–H groups in total. The van der Waals surface area contributed by atoms with E-state index in [1.165, 1.54) is 0 Å². The highest BCUT2D eigenvalue weighted by atomic mass is 32.2. The summed E-state index contributed by atoms with van der Waals surface area (Å²) in [7, 11) is -3.40. The molecule has 1 fully saturated rings. The minimum Gasteiger partial charge on any atom is -0.377 e. The lowest BCUT2D eigenvalue weighted by atomic mass is 10.1. The van der Waals surface area contributed by atoms with E-state index in [0.29, 0.717) is 18.8 Å². The summed E-state index contributed by atoms with van der Waals surface area (Å²) in [5, 5.41) is 0. The molecule has 1 atom stereocenters. The van der Waals surface area contributed by atoms with Crippen molar-refractivity contribution < 1.29 is 13.2 Å². The number of anilines is 1. The Labute approximate surface area is 114 Å². The highest BCUT2D eigenvalue weighted by Crippen LogP contribution is 2.21. The van der Waals surface area contributed by atoms with E-state index in [1.807, 2.05) is 19.1 Å². The van der Waals surface area contributed by atoms with Gasteiger partial charge in [0.1, 0.15) is 0 Å². The third kappa shape index (κ3) is 3.68. The van der Waals surface area contributed by atoms with Gasteiger partial charge in [0, 0.05) is 13.2 Å². The minimum absolute atomic E-state index is 0.00491. The van der Waals surface area contributed by atoms with Crippen LogP contribution in [0.3, 0.4) is 0 Å². The molecule has 1 aromatic rings. The zero-order valence-corrected chi connectivity index (χ0v) is 11.9. The molecule has 19 heavy (non-hydrogen) atoms. The highest BCUT2D eigenvalue weighted by molar-refractivity contribution is 7.92. The highest BCUT2D eigenvalue weighted by Gasteiger charge is 2.23. The van der Waals surface area contributed by atoms with Gasteiger partial charge in [-0.3, -0.25) is 4.72 Å². The number of sulfonamides is 1. The smallest absolute Gasteiger partial charge is 0.235 e. The number of nitrogens with one attached hydrogen (secondary N) is 1. The Bertz CT molecular complexity index is 537. The third-order valence-electron chi connectivity index (χ3n) is 3.31. The van der Waals surface area contributed by atoms with E-state index in [4.69, 9.17) is 10.5 Å². The van der Waals surface area contributed by atoms with Crippen LogP contribution in [0.15, 0.2) is 18.2 Å². The molecule has 1 aliphatic rings. The number of ether oxygens (including phenoxy) is 1. The number of nitrogens with two attached hydrogens (primary N) is 1. The van der Waals surface area contributed by atoms with Gasteiger partial charge in [-0.25, -0.2) is 8.42 Å².